The number of benzene rings is 1. The van der Waals surface area contributed by atoms with Crippen LogP contribution >= 0.6 is 0 Å². The van der Waals surface area contributed by atoms with Crippen LogP contribution in [0.2, 0.25) is 0 Å². The summed E-state index contributed by atoms with van der Waals surface area (Å²) < 4.78 is 22.7. The molecular weight excluding hydrogens is 262 g/mol. The van der Waals surface area contributed by atoms with E-state index in [9.17, 15) is 8.42 Å². The number of sulfonamides is 1. The molecular formula is C13H21N3O2S. The van der Waals surface area contributed by atoms with Crippen molar-refractivity contribution in [1.29, 1.82) is 0 Å². The first-order valence-corrected chi connectivity index (χ1v) is 8.13. The van der Waals surface area contributed by atoms with Crippen LogP contribution < -0.4 is 15.8 Å². The summed E-state index contributed by atoms with van der Waals surface area (Å²) in [5, 5.41) is 5.12. The van der Waals surface area contributed by atoms with Crippen molar-refractivity contribution in [2.75, 3.05) is 17.2 Å². The Hall–Kier alpha value is -1.27. The Morgan fingerprint density at radius 1 is 1.26 bits per heavy atom. The molecule has 2 rings (SSSR count). The van der Waals surface area contributed by atoms with E-state index < -0.39 is 10.0 Å². The average molecular weight is 283 g/mol. The summed E-state index contributed by atoms with van der Waals surface area (Å²) in [7, 11) is -3.75. The third-order valence-electron chi connectivity index (χ3n) is 3.68. The second-order valence-electron chi connectivity index (χ2n) is 5.16. The Balaban J connectivity index is 2.33. The quantitative estimate of drug-likeness (QED) is 0.808. The van der Waals surface area contributed by atoms with Gasteiger partial charge in [0.15, 0.2) is 0 Å². The van der Waals surface area contributed by atoms with E-state index >= 15 is 0 Å². The van der Waals surface area contributed by atoms with Crippen molar-refractivity contribution in [2.24, 2.45) is 5.14 Å². The summed E-state index contributed by atoms with van der Waals surface area (Å²) in [4.78, 5) is 2.29. The van der Waals surface area contributed by atoms with Crippen LogP contribution in [-0.4, -0.2) is 21.0 Å². The highest BCUT2D eigenvalue weighted by Gasteiger charge is 2.19. The Bertz CT molecular complexity index is 557. The van der Waals surface area contributed by atoms with Gasteiger partial charge in [-0.25, -0.2) is 13.6 Å². The molecule has 1 atom stereocenters. The molecule has 1 saturated heterocycles. The molecule has 0 saturated carbocycles. The zero-order valence-corrected chi connectivity index (χ0v) is 12.0. The lowest BCUT2D eigenvalue weighted by Gasteiger charge is -2.29. The van der Waals surface area contributed by atoms with Gasteiger partial charge in [-0.15, -0.1) is 0 Å². The van der Waals surface area contributed by atoms with E-state index in [1.165, 1.54) is 18.9 Å². The summed E-state index contributed by atoms with van der Waals surface area (Å²) >= 11 is 0. The van der Waals surface area contributed by atoms with E-state index in [2.05, 4.69) is 11.8 Å². The predicted molar refractivity (Wildman–Crippen MR) is 77.5 cm³/mol. The van der Waals surface area contributed by atoms with E-state index in [0.29, 0.717) is 6.04 Å². The predicted octanol–water partition coefficient (Wildman–Crippen LogP) is 1.69. The molecule has 1 aromatic carbocycles. The lowest BCUT2D eigenvalue weighted by Crippen LogP contribution is -2.32. The molecule has 1 aromatic rings. The third kappa shape index (κ3) is 3.19. The molecule has 0 aromatic heterocycles. The van der Waals surface area contributed by atoms with Gasteiger partial charge in [-0.3, -0.25) is 0 Å². The highest BCUT2D eigenvalue weighted by molar-refractivity contribution is 7.89. The molecule has 5 nitrogen and oxygen atoms in total. The molecule has 0 radical (unpaired) electrons. The minimum absolute atomic E-state index is 0.00118. The van der Waals surface area contributed by atoms with Gasteiger partial charge in [0.2, 0.25) is 10.0 Å². The molecule has 19 heavy (non-hydrogen) atoms. The maximum Gasteiger partial charge on any atom is 0.240 e. The summed E-state index contributed by atoms with van der Waals surface area (Å²) in [6.45, 7) is 3.17. The van der Waals surface area contributed by atoms with Crippen LogP contribution in [0.15, 0.2) is 23.1 Å². The van der Waals surface area contributed by atoms with Crippen molar-refractivity contribution >= 4 is 21.4 Å². The van der Waals surface area contributed by atoms with Crippen LogP contribution in [0.1, 0.15) is 32.6 Å². The highest BCUT2D eigenvalue weighted by atomic mass is 32.2. The number of nitrogens with zero attached hydrogens (tertiary/aromatic N) is 1. The Labute approximate surface area is 114 Å². The third-order valence-corrected chi connectivity index (χ3v) is 4.67. The number of nitrogen functional groups attached to an aromatic ring is 1. The first kappa shape index (κ1) is 14.1. The van der Waals surface area contributed by atoms with Crippen LogP contribution in [0, 0.1) is 0 Å². The Morgan fingerprint density at radius 3 is 2.63 bits per heavy atom. The fraction of sp³-hybridized carbons (Fsp3) is 0.538. The second-order valence-corrected chi connectivity index (χ2v) is 6.69. The van der Waals surface area contributed by atoms with Crippen LogP contribution in [0.4, 0.5) is 11.4 Å². The Kier molecular flexibility index (Phi) is 4.01. The standard InChI is InChI=1S/C13H21N3O2S/c1-10-5-3-2-4-8-16(10)11-6-7-13(12(14)9-11)19(15,17)18/h6-7,9-10H,2-5,8,14H2,1H3,(H2,15,17,18). The molecule has 0 amide bonds. The fourth-order valence-corrected chi connectivity index (χ4v) is 3.28. The van der Waals surface area contributed by atoms with Crippen molar-refractivity contribution in [1.82, 2.24) is 0 Å². The summed E-state index contributed by atoms with van der Waals surface area (Å²) in [5.41, 5.74) is 7.00. The van der Waals surface area contributed by atoms with E-state index in [1.807, 2.05) is 0 Å². The lowest BCUT2D eigenvalue weighted by molar-refractivity contribution is 0.598. The van der Waals surface area contributed by atoms with E-state index in [-0.39, 0.29) is 10.6 Å². The smallest absolute Gasteiger partial charge is 0.240 e. The maximum absolute atomic E-state index is 11.3. The fourth-order valence-electron chi connectivity index (χ4n) is 2.63. The van der Waals surface area contributed by atoms with Crippen molar-refractivity contribution < 1.29 is 8.42 Å². The van der Waals surface area contributed by atoms with Crippen LogP contribution in [0.25, 0.3) is 0 Å². The zero-order valence-electron chi connectivity index (χ0n) is 11.2. The van der Waals surface area contributed by atoms with Crippen molar-refractivity contribution in [2.45, 2.75) is 43.5 Å². The number of hydrogen-bond acceptors (Lipinski definition) is 4. The Morgan fingerprint density at radius 2 is 2.00 bits per heavy atom. The monoisotopic (exact) mass is 283 g/mol. The summed E-state index contributed by atoms with van der Waals surface area (Å²) in [6.07, 6.45) is 4.78. The second kappa shape index (κ2) is 5.38. The lowest BCUT2D eigenvalue weighted by atomic mass is 10.1. The van der Waals surface area contributed by atoms with Gasteiger partial charge in [-0.2, -0.15) is 0 Å². The van der Waals surface area contributed by atoms with E-state index in [0.717, 1.165) is 25.1 Å². The van der Waals surface area contributed by atoms with Gasteiger partial charge in [-0.1, -0.05) is 12.8 Å². The number of nitrogens with two attached hydrogens (primary N) is 2. The molecule has 1 unspecified atom stereocenters. The van der Waals surface area contributed by atoms with E-state index in [4.69, 9.17) is 10.9 Å². The summed E-state index contributed by atoms with van der Waals surface area (Å²) in [5.74, 6) is 0. The van der Waals surface area contributed by atoms with Gasteiger partial charge >= 0.3 is 0 Å². The SMILES string of the molecule is CC1CCCCCN1c1ccc(S(N)(=O)=O)c(N)c1. The molecule has 1 heterocycles. The number of hydrogen-bond donors (Lipinski definition) is 2. The van der Waals surface area contributed by atoms with Crippen LogP contribution in [0.3, 0.4) is 0 Å². The maximum atomic E-state index is 11.3. The summed E-state index contributed by atoms with van der Waals surface area (Å²) in [6, 6.07) is 5.44. The minimum Gasteiger partial charge on any atom is -0.398 e. The van der Waals surface area contributed by atoms with Crippen molar-refractivity contribution in [3.63, 3.8) is 0 Å². The first-order valence-electron chi connectivity index (χ1n) is 6.58. The van der Waals surface area contributed by atoms with Gasteiger partial charge in [0.05, 0.1) is 5.69 Å². The molecule has 0 bridgehead atoms. The molecule has 1 aliphatic heterocycles. The molecule has 1 aliphatic rings. The molecule has 1 fully saturated rings. The van der Waals surface area contributed by atoms with Crippen molar-refractivity contribution in [3.05, 3.63) is 18.2 Å². The van der Waals surface area contributed by atoms with Crippen LogP contribution in [0.5, 0.6) is 0 Å². The minimum atomic E-state index is -3.75. The zero-order chi connectivity index (χ0) is 14.0. The molecule has 106 valence electrons. The van der Waals surface area contributed by atoms with Gasteiger partial charge < -0.3 is 10.6 Å². The molecule has 4 N–H and O–H groups in total. The van der Waals surface area contributed by atoms with Gasteiger partial charge in [0, 0.05) is 18.3 Å². The first-order chi connectivity index (χ1) is 8.89. The van der Waals surface area contributed by atoms with Crippen LogP contribution in [-0.2, 0) is 10.0 Å². The van der Waals surface area contributed by atoms with E-state index in [1.54, 1.807) is 12.1 Å². The average Bonchev–Trinajstić information content (AvgIpc) is 2.52. The largest absolute Gasteiger partial charge is 0.398 e. The number of primary sulfonamides is 1. The number of rotatable bonds is 2. The molecule has 6 heteroatoms. The molecule has 0 aliphatic carbocycles. The van der Waals surface area contributed by atoms with Crippen molar-refractivity contribution in [3.8, 4) is 0 Å². The topological polar surface area (TPSA) is 89.4 Å². The molecule has 0 spiro atoms. The van der Waals surface area contributed by atoms with Gasteiger partial charge in [0.1, 0.15) is 4.90 Å². The van der Waals surface area contributed by atoms with Gasteiger partial charge in [0.25, 0.3) is 0 Å². The number of anilines is 2. The normalized spacial score (nSPS) is 21.2. The van der Waals surface area contributed by atoms with Gasteiger partial charge in [-0.05, 0) is 38.0 Å². The highest BCUT2D eigenvalue weighted by Crippen LogP contribution is 2.28.